The first-order valence-electron chi connectivity index (χ1n) is 6.59. The van der Waals surface area contributed by atoms with Crippen molar-refractivity contribution in [3.63, 3.8) is 0 Å². The summed E-state index contributed by atoms with van der Waals surface area (Å²) in [6, 6.07) is 15.8. The van der Waals surface area contributed by atoms with Crippen LogP contribution in [0.1, 0.15) is 17.3 Å². The number of hydrogen-bond acceptors (Lipinski definition) is 3. The molecule has 2 aromatic rings. The average Bonchev–Trinajstić information content (AvgIpc) is 2.49. The van der Waals surface area contributed by atoms with E-state index in [-0.39, 0.29) is 16.9 Å². The molecule has 0 aliphatic rings. The fourth-order valence-corrected chi connectivity index (χ4v) is 1.98. The maximum Gasteiger partial charge on any atom is 0.257 e. The molecular weight excluding hydrogens is 298 g/mol. The number of nitrogens with one attached hydrogen (secondary N) is 3. The highest BCUT2D eigenvalue weighted by Crippen LogP contribution is 2.13. The molecule has 22 heavy (non-hydrogen) atoms. The highest BCUT2D eigenvalue weighted by Gasteiger charge is 2.07. The third-order valence-electron chi connectivity index (χ3n) is 2.73. The van der Waals surface area contributed by atoms with Crippen molar-refractivity contribution in [3.05, 3.63) is 60.2 Å². The lowest BCUT2D eigenvalue weighted by Crippen LogP contribution is -2.34. The predicted molar refractivity (Wildman–Crippen MR) is 90.9 cm³/mol. The second kappa shape index (κ2) is 7.33. The van der Waals surface area contributed by atoms with Crippen LogP contribution in [0.2, 0.25) is 0 Å². The molecule has 0 aliphatic carbocycles. The Bertz CT molecular complexity index is 684. The number of amides is 2. The molecule has 6 heteroatoms. The maximum atomic E-state index is 11.9. The van der Waals surface area contributed by atoms with E-state index in [0.29, 0.717) is 16.9 Å². The van der Waals surface area contributed by atoms with Gasteiger partial charge in [-0.25, -0.2) is 0 Å². The molecule has 0 bridgehead atoms. The van der Waals surface area contributed by atoms with Crippen molar-refractivity contribution in [2.24, 2.45) is 0 Å². The summed E-state index contributed by atoms with van der Waals surface area (Å²) in [7, 11) is 0. The van der Waals surface area contributed by atoms with Crippen LogP contribution < -0.4 is 16.0 Å². The highest BCUT2D eigenvalue weighted by atomic mass is 32.1. The smallest absolute Gasteiger partial charge is 0.257 e. The van der Waals surface area contributed by atoms with Crippen LogP contribution in [0.4, 0.5) is 11.4 Å². The van der Waals surface area contributed by atoms with Gasteiger partial charge in [-0.05, 0) is 48.6 Å². The van der Waals surface area contributed by atoms with Gasteiger partial charge in [0.15, 0.2) is 5.11 Å². The molecule has 0 spiro atoms. The summed E-state index contributed by atoms with van der Waals surface area (Å²) in [5.41, 5.74) is 1.94. The average molecular weight is 313 g/mol. The third-order valence-corrected chi connectivity index (χ3v) is 2.93. The van der Waals surface area contributed by atoms with E-state index < -0.39 is 0 Å². The Hall–Kier alpha value is -2.73. The maximum absolute atomic E-state index is 11.9. The fourth-order valence-electron chi connectivity index (χ4n) is 1.77. The highest BCUT2D eigenvalue weighted by molar-refractivity contribution is 7.80. The third kappa shape index (κ3) is 4.68. The Balaban J connectivity index is 1.92. The van der Waals surface area contributed by atoms with Crippen molar-refractivity contribution < 1.29 is 9.59 Å². The summed E-state index contributed by atoms with van der Waals surface area (Å²) in [5, 5.41) is 8.39. The molecule has 2 rings (SSSR count). The number of thiocarbonyl (C=S) groups is 1. The second-order valence-electron chi connectivity index (χ2n) is 4.53. The van der Waals surface area contributed by atoms with E-state index in [9.17, 15) is 9.59 Å². The molecule has 2 aromatic carbocycles. The van der Waals surface area contributed by atoms with Gasteiger partial charge in [0, 0.05) is 23.9 Å². The van der Waals surface area contributed by atoms with Crippen LogP contribution in [0.5, 0.6) is 0 Å². The summed E-state index contributed by atoms with van der Waals surface area (Å²) in [5.74, 6) is -0.403. The molecule has 3 N–H and O–H groups in total. The van der Waals surface area contributed by atoms with Crippen LogP contribution in [-0.4, -0.2) is 16.9 Å². The first kappa shape index (κ1) is 15.7. The van der Waals surface area contributed by atoms with Gasteiger partial charge in [-0.3, -0.25) is 14.9 Å². The van der Waals surface area contributed by atoms with Crippen molar-refractivity contribution in [1.29, 1.82) is 0 Å². The normalized spacial score (nSPS) is 9.68. The Kier molecular flexibility index (Phi) is 5.21. The van der Waals surface area contributed by atoms with Crippen molar-refractivity contribution in [1.82, 2.24) is 5.32 Å². The Morgan fingerprint density at radius 3 is 1.95 bits per heavy atom. The molecule has 0 fully saturated rings. The zero-order valence-corrected chi connectivity index (χ0v) is 12.7. The zero-order chi connectivity index (χ0) is 15.9. The van der Waals surface area contributed by atoms with Crippen molar-refractivity contribution in [2.45, 2.75) is 6.92 Å². The lowest BCUT2D eigenvalue weighted by Gasteiger charge is -2.10. The van der Waals surface area contributed by atoms with Crippen LogP contribution in [0.15, 0.2) is 54.6 Å². The number of rotatable bonds is 3. The van der Waals surface area contributed by atoms with Crippen LogP contribution in [0, 0.1) is 0 Å². The minimum absolute atomic E-state index is 0.133. The van der Waals surface area contributed by atoms with Crippen molar-refractivity contribution in [2.75, 3.05) is 10.6 Å². The summed E-state index contributed by atoms with van der Waals surface area (Å²) in [4.78, 5) is 22.9. The summed E-state index contributed by atoms with van der Waals surface area (Å²) in [6.07, 6.45) is 0. The molecule has 0 saturated heterocycles. The lowest BCUT2D eigenvalue weighted by atomic mass is 10.2. The minimum Gasteiger partial charge on any atom is -0.332 e. The molecule has 0 unspecified atom stereocenters. The molecule has 0 heterocycles. The minimum atomic E-state index is -0.270. The van der Waals surface area contributed by atoms with E-state index in [1.165, 1.54) is 6.92 Å². The van der Waals surface area contributed by atoms with Gasteiger partial charge >= 0.3 is 0 Å². The number of benzene rings is 2. The van der Waals surface area contributed by atoms with Gasteiger partial charge in [0.25, 0.3) is 5.91 Å². The van der Waals surface area contributed by atoms with E-state index in [1.807, 2.05) is 6.07 Å². The zero-order valence-electron chi connectivity index (χ0n) is 11.9. The Morgan fingerprint density at radius 1 is 0.864 bits per heavy atom. The van der Waals surface area contributed by atoms with Gasteiger partial charge < -0.3 is 10.6 Å². The predicted octanol–water partition coefficient (Wildman–Crippen LogP) is 2.77. The van der Waals surface area contributed by atoms with Gasteiger partial charge in [0.05, 0.1) is 0 Å². The number of carbonyl (C=O) groups excluding carboxylic acids is 2. The topological polar surface area (TPSA) is 70.2 Å². The van der Waals surface area contributed by atoms with E-state index >= 15 is 0 Å². The molecule has 5 nitrogen and oxygen atoms in total. The van der Waals surface area contributed by atoms with Gasteiger partial charge in [0.2, 0.25) is 5.91 Å². The summed E-state index contributed by atoms with van der Waals surface area (Å²) >= 11 is 5.10. The molecular formula is C16H15N3O2S. The van der Waals surface area contributed by atoms with Crippen LogP contribution in [0.3, 0.4) is 0 Å². The van der Waals surface area contributed by atoms with Crippen molar-refractivity contribution >= 4 is 40.5 Å². The van der Waals surface area contributed by atoms with Crippen LogP contribution in [0.25, 0.3) is 0 Å². The fraction of sp³-hybridized carbons (Fsp3) is 0.0625. The van der Waals surface area contributed by atoms with Gasteiger partial charge in [-0.1, -0.05) is 18.2 Å². The first-order chi connectivity index (χ1) is 10.5. The van der Waals surface area contributed by atoms with Gasteiger partial charge in [-0.2, -0.15) is 0 Å². The molecule has 0 aliphatic heterocycles. The van der Waals surface area contributed by atoms with E-state index in [1.54, 1.807) is 48.5 Å². The number of anilines is 2. The molecule has 0 aromatic heterocycles. The molecule has 0 saturated carbocycles. The molecule has 0 radical (unpaired) electrons. The number of hydrogen-bond donors (Lipinski definition) is 3. The second-order valence-corrected chi connectivity index (χ2v) is 4.94. The SMILES string of the molecule is CC(=O)Nc1ccc(NC(=S)NC(=O)c2ccccc2)cc1. The lowest BCUT2D eigenvalue weighted by molar-refractivity contribution is -0.114. The van der Waals surface area contributed by atoms with Crippen LogP contribution in [-0.2, 0) is 4.79 Å². The number of carbonyl (C=O) groups is 2. The van der Waals surface area contributed by atoms with E-state index in [2.05, 4.69) is 16.0 Å². The molecule has 112 valence electrons. The molecule has 0 atom stereocenters. The van der Waals surface area contributed by atoms with E-state index in [0.717, 1.165) is 0 Å². The van der Waals surface area contributed by atoms with Crippen LogP contribution >= 0.6 is 12.2 Å². The van der Waals surface area contributed by atoms with Gasteiger partial charge in [-0.15, -0.1) is 0 Å². The summed E-state index contributed by atoms with van der Waals surface area (Å²) in [6.45, 7) is 1.44. The quantitative estimate of drug-likeness (QED) is 0.762. The largest absolute Gasteiger partial charge is 0.332 e. The standard InChI is InChI=1S/C16H15N3O2S/c1-11(20)17-13-7-9-14(10-8-13)18-16(22)19-15(21)12-5-3-2-4-6-12/h2-10H,1H3,(H,17,20)(H2,18,19,21,22). The first-order valence-corrected chi connectivity index (χ1v) is 7.00. The van der Waals surface area contributed by atoms with E-state index in [4.69, 9.17) is 12.2 Å². The molecule has 2 amide bonds. The van der Waals surface area contributed by atoms with Gasteiger partial charge in [0.1, 0.15) is 0 Å². The monoisotopic (exact) mass is 313 g/mol. The summed E-state index contributed by atoms with van der Waals surface area (Å²) < 4.78 is 0. The van der Waals surface area contributed by atoms with Crippen molar-refractivity contribution in [3.8, 4) is 0 Å². The Morgan fingerprint density at radius 2 is 1.41 bits per heavy atom. The Labute approximate surface area is 133 Å².